The molecule has 0 heterocycles. The number of benzene rings is 1. The maximum Gasteiger partial charge on any atom is 2.00 e. The molecule has 4 N–H and O–H groups in total. The van der Waals surface area contributed by atoms with Crippen LogP contribution in [0.3, 0.4) is 0 Å². The van der Waals surface area contributed by atoms with Crippen molar-refractivity contribution in [2.24, 2.45) is 5.73 Å². The molecule has 18 heavy (non-hydrogen) atoms. The predicted octanol–water partition coefficient (Wildman–Crippen LogP) is -1.76. The minimum atomic E-state index is -1.08. The summed E-state index contributed by atoms with van der Waals surface area (Å²) in [5.41, 5.74) is 12.7. The van der Waals surface area contributed by atoms with E-state index < -0.39 is 11.9 Å². The van der Waals surface area contributed by atoms with Crippen LogP contribution in [-0.2, 0) is 33.2 Å². The fourth-order valence-electron chi connectivity index (χ4n) is 0.720. The largest absolute Gasteiger partial charge is 2.00 e. The van der Waals surface area contributed by atoms with Crippen LogP contribution in [0.1, 0.15) is 19.4 Å². The molecule has 1 aromatic rings. The number of carboxylic acid groups (broad SMARTS) is 2. The van der Waals surface area contributed by atoms with Crippen molar-refractivity contribution in [1.29, 1.82) is 0 Å². The van der Waals surface area contributed by atoms with E-state index in [0.29, 0.717) is 6.54 Å². The summed E-state index contributed by atoms with van der Waals surface area (Å²) in [5, 5.41) is 17.8. The summed E-state index contributed by atoms with van der Waals surface area (Å²) < 4.78 is 0. The molecule has 0 spiro atoms. The van der Waals surface area contributed by atoms with Crippen molar-refractivity contribution < 1.29 is 36.9 Å². The average molecular weight is 304 g/mol. The molecule has 0 amide bonds. The molecule has 0 aliphatic heterocycles. The van der Waals surface area contributed by atoms with E-state index in [0.717, 1.165) is 25.1 Å². The third-order valence-electron chi connectivity index (χ3n) is 1.28. The van der Waals surface area contributed by atoms with E-state index in [4.69, 9.17) is 31.3 Å². The fourth-order valence-corrected chi connectivity index (χ4v) is 0.720. The third-order valence-corrected chi connectivity index (χ3v) is 1.28. The van der Waals surface area contributed by atoms with Crippen LogP contribution < -0.4 is 21.7 Å². The van der Waals surface area contributed by atoms with Crippen molar-refractivity contribution in [3.8, 4) is 0 Å². The van der Waals surface area contributed by atoms with E-state index in [1.165, 1.54) is 0 Å². The maximum atomic E-state index is 8.89. The molecule has 1 rings (SSSR count). The van der Waals surface area contributed by atoms with E-state index in [1.807, 2.05) is 24.3 Å². The molecule has 0 aromatic heterocycles. The second kappa shape index (κ2) is 13.5. The molecule has 0 unspecified atom stereocenters. The van der Waals surface area contributed by atoms with E-state index in [1.54, 1.807) is 0 Å². The van der Waals surface area contributed by atoms with Crippen molar-refractivity contribution in [3.05, 3.63) is 29.8 Å². The number of carbonyl (C=O) groups is 2. The Hall–Kier alpha value is -1.56. The number of nitrogen functional groups attached to an aromatic ring is 1. The van der Waals surface area contributed by atoms with Gasteiger partial charge in [0.15, 0.2) is 0 Å². The van der Waals surface area contributed by atoms with E-state index in [9.17, 15) is 0 Å². The SMILES string of the molecule is CC(=O)[O-].CC(=O)[O-].NCc1ccccc1N.[Cu+2]. The standard InChI is InChI=1S/C7H10N2.2C2H4O2.Cu/c8-5-6-3-1-2-4-7(6)9;2*1-2(3)4;/h1-4H,5,8-9H2;2*1H3,(H,3,4);/q;;;+2/p-2. The first kappa shape index (κ1) is 21.7. The average Bonchev–Trinajstić information content (AvgIpc) is 2.16. The van der Waals surface area contributed by atoms with Gasteiger partial charge in [-0.05, 0) is 25.5 Å². The van der Waals surface area contributed by atoms with Gasteiger partial charge in [-0.2, -0.15) is 0 Å². The molecule has 0 atom stereocenters. The second-order valence-electron chi connectivity index (χ2n) is 2.89. The van der Waals surface area contributed by atoms with Gasteiger partial charge in [-0.3, -0.25) is 0 Å². The molecule has 0 fully saturated rings. The van der Waals surface area contributed by atoms with Gasteiger partial charge in [0.05, 0.1) is 0 Å². The van der Waals surface area contributed by atoms with Crippen molar-refractivity contribution in [1.82, 2.24) is 0 Å². The number of rotatable bonds is 1. The van der Waals surface area contributed by atoms with Gasteiger partial charge >= 0.3 is 17.1 Å². The Bertz CT molecular complexity index is 339. The molecule has 7 heteroatoms. The number of hydrogen-bond donors (Lipinski definition) is 2. The van der Waals surface area contributed by atoms with Gasteiger partial charge in [-0.15, -0.1) is 0 Å². The number of hydrogen-bond acceptors (Lipinski definition) is 6. The summed E-state index contributed by atoms with van der Waals surface area (Å²) in [6.45, 7) is 2.46. The smallest absolute Gasteiger partial charge is 0.550 e. The first-order chi connectivity index (χ1) is 7.81. The Labute approximate surface area is 116 Å². The van der Waals surface area contributed by atoms with Crippen molar-refractivity contribution >= 4 is 17.6 Å². The van der Waals surface area contributed by atoms with Crippen LogP contribution in [0.4, 0.5) is 5.69 Å². The van der Waals surface area contributed by atoms with E-state index in [2.05, 4.69) is 0 Å². The van der Waals surface area contributed by atoms with Crippen molar-refractivity contribution in [2.75, 3.05) is 5.73 Å². The van der Waals surface area contributed by atoms with Crippen LogP contribution in [0.5, 0.6) is 0 Å². The van der Waals surface area contributed by atoms with Crippen LogP contribution in [0.2, 0.25) is 0 Å². The summed E-state index contributed by atoms with van der Waals surface area (Å²) in [7, 11) is 0. The number of anilines is 1. The van der Waals surface area contributed by atoms with Crippen molar-refractivity contribution in [3.63, 3.8) is 0 Å². The summed E-state index contributed by atoms with van der Waals surface area (Å²) in [6.07, 6.45) is 0. The zero-order chi connectivity index (χ0) is 13.8. The topological polar surface area (TPSA) is 132 Å². The zero-order valence-corrected chi connectivity index (χ0v) is 11.0. The van der Waals surface area contributed by atoms with Crippen LogP contribution in [0.25, 0.3) is 0 Å². The summed E-state index contributed by atoms with van der Waals surface area (Å²) in [5.74, 6) is -2.17. The molecule has 1 radical (unpaired) electrons. The first-order valence-electron chi connectivity index (χ1n) is 4.69. The van der Waals surface area contributed by atoms with Gasteiger partial charge in [-0.1, -0.05) is 18.2 Å². The fraction of sp³-hybridized carbons (Fsp3) is 0.273. The minimum absolute atomic E-state index is 0. The molecule has 0 bridgehead atoms. The van der Waals surface area contributed by atoms with Crippen LogP contribution in [0.15, 0.2) is 24.3 Å². The molecule has 0 saturated carbocycles. The number of carboxylic acids is 2. The van der Waals surface area contributed by atoms with Gasteiger partial charge in [0.2, 0.25) is 0 Å². The van der Waals surface area contributed by atoms with Crippen LogP contribution >= 0.6 is 0 Å². The molecule has 0 saturated heterocycles. The van der Waals surface area contributed by atoms with Crippen molar-refractivity contribution in [2.45, 2.75) is 20.4 Å². The molecular formula is C11H16CuN2O4. The Morgan fingerprint density at radius 3 is 1.67 bits per heavy atom. The van der Waals surface area contributed by atoms with Crippen LogP contribution in [-0.4, -0.2) is 11.9 Å². The predicted molar refractivity (Wildman–Crippen MR) is 60.1 cm³/mol. The Morgan fingerprint density at radius 2 is 1.44 bits per heavy atom. The van der Waals surface area contributed by atoms with Gasteiger partial charge < -0.3 is 31.3 Å². The third kappa shape index (κ3) is 19.9. The van der Waals surface area contributed by atoms with Gasteiger partial charge in [0, 0.05) is 24.2 Å². The molecule has 1 aromatic carbocycles. The van der Waals surface area contributed by atoms with E-state index >= 15 is 0 Å². The number of nitrogens with two attached hydrogens (primary N) is 2. The van der Waals surface area contributed by atoms with Gasteiger partial charge in [0.25, 0.3) is 0 Å². The zero-order valence-electron chi connectivity index (χ0n) is 10.1. The quantitative estimate of drug-likeness (QED) is 0.466. The Balaban J connectivity index is -0.000000214. The molecule has 0 aliphatic rings. The second-order valence-corrected chi connectivity index (χ2v) is 2.89. The minimum Gasteiger partial charge on any atom is -0.550 e. The van der Waals surface area contributed by atoms with Gasteiger partial charge in [-0.25, -0.2) is 0 Å². The summed E-state index contributed by atoms with van der Waals surface area (Å²) >= 11 is 0. The van der Waals surface area contributed by atoms with E-state index in [-0.39, 0.29) is 17.1 Å². The molecule has 105 valence electrons. The normalized spacial score (nSPS) is 7.50. The Kier molecular flexibility index (Phi) is 16.3. The van der Waals surface area contributed by atoms with Crippen LogP contribution in [0, 0.1) is 0 Å². The number of para-hydroxylation sites is 1. The molecule has 0 aliphatic carbocycles. The maximum absolute atomic E-state index is 8.89. The number of carbonyl (C=O) groups excluding carboxylic acids is 2. The summed E-state index contributed by atoms with van der Waals surface area (Å²) in [6, 6.07) is 7.60. The summed E-state index contributed by atoms with van der Waals surface area (Å²) in [4.78, 5) is 17.8. The molecule has 6 nitrogen and oxygen atoms in total. The monoisotopic (exact) mass is 303 g/mol. The van der Waals surface area contributed by atoms with Gasteiger partial charge in [0.1, 0.15) is 0 Å². The number of aliphatic carboxylic acids is 2. The molecular weight excluding hydrogens is 288 g/mol. The first-order valence-corrected chi connectivity index (χ1v) is 4.69. The Morgan fingerprint density at radius 1 is 1.11 bits per heavy atom.